The molecule has 0 saturated heterocycles. The van der Waals surface area contributed by atoms with Gasteiger partial charge in [-0.15, -0.1) is 11.3 Å². The van der Waals surface area contributed by atoms with E-state index < -0.39 is 23.1 Å². The SMILES string of the molecule is CCOC(=O)c1c(-c2ccccc2)csc1NC(=O)Cn1c(Cl)nc2c1c(=O)n(C)c(=O)n2C. The molecular weight excluding hydrogens is 482 g/mol. The van der Waals surface area contributed by atoms with E-state index in [-0.39, 0.29) is 35.2 Å². The zero-order valence-electron chi connectivity index (χ0n) is 18.5. The molecule has 12 heteroatoms. The maximum Gasteiger partial charge on any atom is 0.341 e. The minimum absolute atomic E-state index is 0.0199. The Hall–Kier alpha value is -3.70. The third-order valence-corrected chi connectivity index (χ3v) is 6.40. The predicted octanol–water partition coefficient (Wildman–Crippen LogP) is 2.63. The molecule has 4 rings (SSSR count). The topological polar surface area (TPSA) is 117 Å². The zero-order chi connectivity index (χ0) is 24.6. The highest BCUT2D eigenvalue weighted by Gasteiger charge is 2.24. The average Bonchev–Trinajstić information content (AvgIpc) is 3.38. The number of fused-ring (bicyclic) bond motifs is 1. The smallest absolute Gasteiger partial charge is 0.341 e. The molecule has 3 heterocycles. The lowest BCUT2D eigenvalue weighted by molar-refractivity contribution is -0.116. The number of aryl methyl sites for hydroxylation is 1. The molecule has 1 aromatic carbocycles. The van der Waals surface area contributed by atoms with Crippen LogP contribution in [0.15, 0.2) is 45.3 Å². The van der Waals surface area contributed by atoms with Crippen molar-refractivity contribution < 1.29 is 14.3 Å². The first-order valence-electron chi connectivity index (χ1n) is 10.2. The van der Waals surface area contributed by atoms with Crippen LogP contribution in [0.5, 0.6) is 0 Å². The van der Waals surface area contributed by atoms with Gasteiger partial charge in [-0.3, -0.25) is 23.3 Å². The van der Waals surface area contributed by atoms with Gasteiger partial charge in [-0.2, -0.15) is 4.98 Å². The van der Waals surface area contributed by atoms with Crippen molar-refractivity contribution in [2.24, 2.45) is 14.1 Å². The molecule has 1 amide bonds. The molecule has 0 atom stereocenters. The molecule has 0 fully saturated rings. The minimum Gasteiger partial charge on any atom is -0.462 e. The summed E-state index contributed by atoms with van der Waals surface area (Å²) < 4.78 is 8.53. The van der Waals surface area contributed by atoms with E-state index in [9.17, 15) is 19.2 Å². The van der Waals surface area contributed by atoms with Gasteiger partial charge in [-0.05, 0) is 24.1 Å². The van der Waals surface area contributed by atoms with Gasteiger partial charge in [-0.25, -0.2) is 9.59 Å². The number of thiophene rings is 1. The van der Waals surface area contributed by atoms with Crippen molar-refractivity contribution in [2.45, 2.75) is 13.5 Å². The summed E-state index contributed by atoms with van der Waals surface area (Å²) in [4.78, 5) is 54.6. The quantitative estimate of drug-likeness (QED) is 0.320. The summed E-state index contributed by atoms with van der Waals surface area (Å²) in [5.41, 5.74) is 0.581. The lowest BCUT2D eigenvalue weighted by Crippen LogP contribution is -2.37. The summed E-state index contributed by atoms with van der Waals surface area (Å²) in [7, 11) is 2.79. The van der Waals surface area contributed by atoms with Crippen molar-refractivity contribution in [3.63, 3.8) is 0 Å². The number of carbonyl (C=O) groups excluding carboxylic acids is 2. The predicted molar refractivity (Wildman–Crippen MR) is 130 cm³/mol. The van der Waals surface area contributed by atoms with Gasteiger partial charge in [-0.1, -0.05) is 30.3 Å². The van der Waals surface area contributed by atoms with Gasteiger partial charge in [0, 0.05) is 25.0 Å². The highest BCUT2D eigenvalue weighted by atomic mass is 35.5. The summed E-state index contributed by atoms with van der Waals surface area (Å²) >= 11 is 7.39. The zero-order valence-corrected chi connectivity index (χ0v) is 20.1. The maximum atomic E-state index is 13.0. The Balaban J connectivity index is 1.71. The Morgan fingerprint density at radius 2 is 1.85 bits per heavy atom. The molecular formula is C22H20ClN5O5S. The fourth-order valence-corrected chi connectivity index (χ4v) is 4.76. The van der Waals surface area contributed by atoms with Crippen molar-refractivity contribution >= 4 is 51.0 Å². The monoisotopic (exact) mass is 501 g/mol. The van der Waals surface area contributed by atoms with E-state index >= 15 is 0 Å². The number of nitrogens with zero attached hydrogens (tertiary/aromatic N) is 4. The number of amides is 1. The fourth-order valence-electron chi connectivity index (χ4n) is 3.56. The third kappa shape index (κ3) is 4.03. The van der Waals surface area contributed by atoms with Crippen LogP contribution >= 0.6 is 22.9 Å². The number of rotatable bonds is 6. The largest absolute Gasteiger partial charge is 0.462 e. The summed E-state index contributed by atoms with van der Waals surface area (Å²) in [6, 6.07) is 9.27. The summed E-state index contributed by atoms with van der Waals surface area (Å²) in [5, 5.41) is 4.68. The molecule has 10 nitrogen and oxygen atoms in total. The molecule has 1 N–H and O–H groups in total. The van der Waals surface area contributed by atoms with Crippen LogP contribution in [0, 0.1) is 0 Å². The number of nitrogens with one attached hydrogen (secondary N) is 1. The van der Waals surface area contributed by atoms with Crippen LogP contribution in [0.1, 0.15) is 17.3 Å². The van der Waals surface area contributed by atoms with Gasteiger partial charge in [0.2, 0.25) is 11.2 Å². The Labute approximate surface area is 202 Å². The number of anilines is 1. The second-order valence-electron chi connectivity index (χ2n) is 7.33. The van der Waals surface area contributed by atoms with E-state index in [4.69, 9.17) is 16.3 Å². The fraction of sp³-hybridized carbons (Fsp3) is 0.227. The minimum atomic E-state index is -0.625. The molecule has 176 valence electrons. The van der Waals surface area contributed by atoms with Crippen molar-refractivity contribution in [2.75, 3.05) is 11.9 Å². The molecule has 0 aliphatic rings. The molecule has 0 unspecified atom stereocenters. The van der Waals surface area contributed by atoms with Crippen LogP contribution in [-0.4, -0.2) is 37.2 Å². The van der Waals surface area contributed by atoms with Crippen LogP contribution in [0.25, 0.3) is 22.3 Å². The number of ether oxygens (including phenoxy) is 1. The van der Waals surface area contributed by atoms with Gasteiger partial charge in [0.25, 0.3) is 5.56 Å². The summed E-state index contributed by atoms with van der Waals surface area (Å²) in [5.74, 6) is -1.10. The number of hydrogen-bond donors (Lipinski definition) is 1. The van der Waals surface area contributed by atoms with Crippen LogP contribution in [-0.2, 0) is 30.2 Å². The van der Waals surface area contributed by atoms with E-state index in [1.54, 1.807) is 12.3 Å². The highest BCUT2D eigenvalue weighted by molar-refractivity contribution is 7.15. The molecule has 0 bridgehead atoms. The Kier molecular flexibility index (Phi) is 6.40. The van der Waals surface area contributed by atoms with Gasteiger partial charge < -0.3 is 10.1 Å². The molecule has 34 heavy (non-hydrogen) atoms. The Morgan fingerprint density at radius 1 is 1.15 bits per heavy atom. The second-order valence-corrected chi connectivity index (χ2v) is 8.55. The molecule has 0 aliphatic carbocycles. The molecule has 0 aliphatic heterocycles. The Bertz CT molecular complexity index is 1530. The number of benzene rings is 1. The summed E-state index contributed by atoms with van der Waals surface area (Å²) in [6.07, 6.45) is 0. The van der Waals surface area contributed by atoms with Gasteiger partial charge >= 0.3 is 11.7 Å². The number of esters is 1. The van der Waals surface area contributed by atoms with Crippen LogP contribution < -0.4 is 16.6 Å². The van der Waals surface area contributed by atoms with Crippen LogP contribution in [0.2, 0.25) is 5.28 Å². The van der Waals surface area contributed by atoms with E-state index in [0.29, 0.717) is 10.6 Å². The number of halogens is 1. The van der Waals surface area contributed by atoms with Crippen molar-refractivity contribution in [1.82, 2.24) is 18.7 Å². The van der Waals surface area contributed by atoms with Crippen molar-refractivity contribution in [3.8, 4) is 11.1 Å². The van der Waals surface area contributed by atoms with Gasteiger partial charge in [0.1, 0.15) is 17.1 Å². The van der Waals surface area contributed by atoms with Gasteiger partial charge in [0.05, 0.1) is 6.61 Å². The molecule has 4 aromatic rings. The van der Waals surface area contributed by atoms with E-state index in [0.717, 1.165) is 10.1 Å². The number of carbonyl (C=O) groups is 2. The highest BCUT2D eigenvalue weighted by Crippen LogP contribution is 2.36. The Morgan fingerprint density at radius 3 is 2.53 bits per heavy atom. The molecule has 3 aromatic heterocycles. The number of aromatic nitrogens is 4. The van der Waals surface area contributed by atoms with Crippen molar-refractivity contribution in [1.29, 1.82) is 0 Å². The molecule has 0 spiro atoms. The lowest BCUT2D eigenvalue weighted by atomic mass is 10.0. The first-order chi connectivity index (χ1) is 16.2. The normalized spacial score (nSPS) is 11.1. The molecule has 0 radical (unpaired) electrons. The van der Waals surface area contributed by atoms with Gasteiger partial charge in [0.15, 0.2) is 11.2 Å². The van der Waals surface area contributed by atoms with Crippen LogP contribution in [0.4, 0.5) is 5.00 Å². The first kappa shape index (κ1) is 23.5. The molecule has 0 saturated carbocycles. The average molecular weight is 502 g/mol. The second kappa shape index (κ2) is 9.27. The maximum absolute atomic E-state index is 13.0. The summed E-state index contributed by atoms with van der Waals surface area (Å²) in [6.45, 7) is 1.52. The number of imidazole rings is 1. The van der Waals surface area contributed by atoms with E-state index in [1.165, 1.54) is 34.6 Å². The lowest BCUT2D eigenvalue weighted by Gasteiger charge is -2.10. The standard InChI is InChI=1S/C22H20ClN5O5S/c1-4-33-20(31)15-13(12-8-6-5-7-9-12)11-34-18(15)24-14(29)10-28-16-17(25-21(28)23)26(2)22(32)27(3)19(16)30/h5-9,11H,4,10H2,1-3H3,(H,24,29). The van der Waals surface area contributed by atoms with Crippen LogP contribution in [0.3, 0.4) is 0 Å². The third-order valence-electron chi connectivity index (χ3n) is 5.21. The van der Waals surface area contributed by atoms with E-state index in [1.807, 2.05) is 30.3 Å². The number of hydrogen-bond acceptors (Lipinski definition) is 7. The van der Waals surface area contributed by atoms with Crippen molar-refractivity contribution in [3.05, 3.63) is 67.4 Å². The van der Waals surface area contributed by atoms with E-state index in [2.05, 4.69) is 10.3 Å². The first-order valence-corrected chi connectivity index (χ1v) is 11.5.